The molecule has 1 spiro atoms. The first kappa shape index (κ1) is 18.3. The highest BCUT2D eigenvalue weighted by molar-refractivity contribution is 6.07. The third kappa shape index (κ3) is 2.60. The molecule has 2 amide bonds. The number of anilines is 1. The van der Waals surface area contributed by atoms with E-state index >= 15 is 0 Å². The smallest absolute Gasteiger partial charge is 0.336 e. The Morgan fingerprint density at radius 2 is 2.13 bits per heavy atom. The van der Waals surface area contributed by atoms with Crippen molar-refractivity contribution in [2.24, 2.45) is 7.05 Å². The molecule has 10 heteroatoms. The van der Waals surface area contributed by atoms with Gasteiger partial charge in [0.25, 0.3) is 0 Å². The number of hydrogen-bond donors (Lipinski definition) is 3. The van der Waals surface area contributed by atoms with Crippen LogP contribution in [-0.4, -0.2) is 48.0 Å². The number of nitrogens with zero attached hydrogens (tertiary/aromatic N) is 4. The van der Waals surface area contributed by atoms with Gasteiger partial charge in [-0.2, -0.15) is 5.10 Å². The lowest BCUT2D eigenvalue weighted by atomic mass is 9.74. The Morgan fingerprint density at radius 3 is 2.87 bits per heavy atom. The summed E-state index contributed by atoms with van der Waals surface area (Å²) in [4.78, 5) is 46.6. The van der Waals surface area contributed by atoms with Crippen LogP contribution in [0.5, 0.6) is 0 Å². The Bertz CT molecular complexity index is 1190. The molecule has 5 rings (SSSR count). The van der Waals surface area contributed by atoms with Crippen LogP contribution in [0.1, 0.15) is 36.1 Å². The molecule has 2 aliphatic heterocycles. The molecule has 2 atom stereocenters. The highest BCUT2D eigenvalue weighted by atomic mass is 16.2. The third-order valence-corrected chi connectivity index (χ3v) is 6.14. The largest absolute Gasteiger partial charge is 0.340 e. The quantitative estimate of drug-likeness (QED) is 0.584. The number of rotatable bonds is 4. The molecule has 0 saturated carbocycles. The first-order valence-corrected chi connectivity index (χ1v) is 9.82. The molecule has 0 unspecified atom stereocenters. The van der Waals surface area contributed by atoms with Crippen LogP contribution in [-0.2, 0) is 28.5 Å². The van der Waals surface area contributed by atoms with Crippen LogP contribution in [0.4, 0.5) is 5.69 Å². The number of para-hydroxylation sites is 1. The number of nitrogens with one attached hydrogen (secondary N) is 3. The summed E-state index contributed by atoms with van der Waals surface area (Å²) in [6.45, 7) is 0.440. The fourth-order valence-corrected chi connectivity index (χ4v) is 4.75. The molecule has 4 heterocycles. The van der Waals surface area contributed by atoms with E-state index in [0.717, 1.165) is 11.3 Å². The molecule has 0 bridgehead atoms. The monoisotopic (exact) mass is 407 g/mol. The molecular weight excluding hydrogens is 386 g/mol. The van der Waals surface area contributed by atoms with Crippen LogP contribution in [0.15, 0.2) is 41.5 Å². The van der Waals surface area contributed by atoms with Gasteiger partial charge >= 0.3 is 5.69 Å². The molecule has 1 aromatic carbocycles. The number of benzene rings is 1. The van der Waals surface area contributed by atoms with Gasteiger partial charge in [-0.25, -0.2) is 14.9 Å². The number of carbonyl (C=O) groups is 2. The number of fused-ring (bicyclic) bond motifs is 2. The van der Waals surface area contributed by atoms with Crippen molar-refractivity contribution < 1.29 is 9.59 Å². The zero-order valence-electron chi connectivity index (χ0n) is 16.4. The summed E-state index contributed by atoms with van der Waals surface area (Å²) in [6, 6.07) is 7.11. The topological polar surface area (TPSA) is 129 Å². The fraction of sp³-hybridized carbons (Fsp3) is 0.350. The zero-order chi connectivity index (χ0) is 20.9. The molecule has 0 radical (unpaired) electrons. The van der Waals surface area contributed by atoms with Crippen LogP contribution in [0.2, 0.25) is 0 Å². The Labute approximate surface area is 171 Å². The maximum Gasteiger partial charge on any atom is 0.340 e. The first-order chi connectivity index (χ1) is 14.5. The van der Waals surface area contributed by atoms with E-state index in [0.29, 0.717) is 31.0 Å². The van der Waals surface area contributed by atoms with Crippen molar-refractivity contribution in [1.29, 1.82) is 0 Å². The predicted octanol–water partition coefficient (Wildman–Crippen LogP) is 0.628. The van der Waals surface area contributed by atoms with E-state index in [9.17, 15) is 14.4 Å². The number of carbonyl (C=O) groups excluding carboxylic acids is 2. The number of aryl methyl sites for hydroxylation is 2. The van der Waals surface area contributed by atoms with Gasteiger partial charge in [-0.15, -0.1) is 0 Å². The van der Waals surface area contributed by atoms with Crippen molar-refractivity contribution >= 4 is 17.5 Å². The summed E-state index contributed by atoms with van der Waals surface area (Å²) in [5, 5.41) is 9.16. The number of hydrogen-bond acceptors (Lipinski definition) is 5. The Balaban J connectivity index is 1.53. The van der Waals surface area contributed by atoms with Crippen LogP contribution in [0.25, 0.3) is 0 Å². The van der Waals surface area contributed by atoms with Crippen LogP contribution < -0.4 is 11.0 Å². The van der Waals surface area contributed by atoms with Crippen molar-refractivity contribution in [2.45, 2.75) is 30.7 Å². The molecule has 1 saturated heterocycles. The second-order valence-corrected chi connectivity index (χ2v) is 7.73. The van der Waals surface area contributed by atoms with E-state index in [1.165, 1.54) is 0 Å². The van der Waals surface area contributed by atoms with Crippen LogP contribution in [0, 0.1) is 0 Å². The van der Waals surface area contributed by atoms with Crippen LogP contribution >= 0.6 is 0 Å². The lowest BCUT2D eigenvalue weighted by molar-refractivity contribution is -0.133. The number of amides is 2. The van der Waals surface area contributed by atoms with Gasteiger partial charge in [-0.3, -0.25) is 14.6 Å². The van der Waals surface area contributed by atoms with E-state index in [-0.39, 0.29) is 18.2 Å². The van der Waals surface area contributed by atoms with E-state index in [1.54, 1.807) is 11.1 Å². The van der Waals surface area contributed by atoms with Crippen molar-refractivity contribution in [3.8, 4) is 0 Å². The van der Waals surface area contributed by atoms with Gasteiger partial charge in [0, 0.05) is 44.5 Å². The summed E-state index contributed by atoms with van der Waals surface area (Å²) in [7, 11) is 1.87. The van der Waals surface area contributed by atoms with Gasteiger partial charge in [0.2, 0.25) is 11.8 Å². The summed E-state index contributed by atoms with van der Waals surface area (Å²) < 4.78 is 1.86. The number of H-pyrrole nitrogens is 2. The van der Waals surface area contributed by atoms with Crippen molar-refractivity contribution in [1.82, 2.24) is 29.6 Å². The van der Waals surface area contributed by atoms with E-state index in [2.05, 4.69) is 25.5 Å². The van der Waals surface area contributed by atoms with E-state index in [4.69, 9.17) is 0 Å². The highest BCUT2D eigenvalue weighted by Crippen LogP contribution is 2.54. The third-order valence-electron chi connectivity index (χ3n) is 6.14. The van der Waals surface area contributed by atoms with Gasteiger partial charge in [-0.05, 0) is 18.1 Å². The minimum absolute atomic E-state index is 0.108. The minimum atomic E-state index is -0.883. The maximum absolute atomic E-state index is 13.3. The Kier molecular flexibility index (Phi) is 4.09. The summed E-state index contributed by atoms with van der Waals surface area (Å²) in [6.07, 6.45) is 4.48. The molecule has 3 aromatic rings. The molecular formula is C20H21N7O3. The number of imidazole rings is 1. The molecule has 1 fully saturated rings. The van der Waals surface area contributed by atoms with Gasteiger partial charge in [-0.1, -0.05) is 18.2 Å². The first-order valence-electron chi connectivity index (χ1n) is 9.82. The second kappa shape index (κ2) is 6.68. The zero-order valence-corrected chi connectivity index (χ0v) is 16.4. The summed E-state index contributed by atoms with van der Waals surface area (Å²) in [5.74, 6) is 0.880. The van der Waals surface area contributed by atoms with Gasteiger partial charge in [0.05, 0.1) is 0 Å². The second-order valence-electron chi connectivity index (χ2n) is 7.73. The normalized spacial score (nSPS) is 22.5. The SMILES string of the molecule is Cn1ccnc1[C@@H]1N(C(=O)CCc2n[nH]c(=O)[nH]2)CC[C@]12C(=O)Nc1ccccc12. The van der Waals surface area contributed by atoms with Crippen molar-refractivity contribution in [2.75, 3.05) is 11.9 Å². The average Bonchev–Trinajstić information content (AvgIpc) is 3.49. The van der Waals surface area contributed by atoms with Crippen LogP contribution in [0.3, 0.4) is 0 Å². The molecule has 2 aromatic heterocycles. The van der Waals surface area contributed by atoms with Crippen molar-refractivity contribution in [3.05, 3.63) is 64.4 Å². The Morgan fingerprint density at radius 1 is 1.30 bits per heavy atom. The minimum Gasteiger partial charge on any atom is -0.336 e. The number of likely N-dealkylation sites (tertiary alicyclic amines) is 1. The lowest BCUT2D eigenvalue weighted by Crippen LogP contribution is -2.43. The van der Waals surface area contributed by atoms with Crippen molar-refractivity contribution in [3.63, 3.8) is 0 Å². The molecule has 154 valence electrons. The Hall–Kier alpha value is -3.69. The maximum atomic E-state index is 13.3. The molecule has 10 nitrogen and oxygen atoms in total. The molecule has 3 N–H and O–H groups in total. The summed E-state index contributed by atoms with van der Waals surface area (Å²) in [5.41, 5.74) is 0.397. The highest BCUT2D eigenvalue weighted by Gasteiger charge is 2.60. The molecule has 2 aliphatic rings. The van der Waals surface area contributed by atoms with Gasteiger partial charge < -0.3 is 14.8 Å². The number of aromatic amines is 2. The summed E-state index contributed by atoms with van der Waals surface area (Å²) >= 11 is 0. The molecule has 0 aliphatic carbocycles. The standard InChI is InChI=1S/C20H21N7O3/c1-26-11-9-21-17(26)16-20(12-4-2-3-5-13(12)22-18(20)29)8-10-27(16)15(28)7-6-14-23-19(30)25-24-14/h2-5,9,11,16H,6-8,10H2,1H3,(H,22,29)(H2,23,24,25,30)/t16-,20+/m0/s1. The average molecular weight is 407 g/mol. The van der Waals surface area contributed by atoms with E-state index in [1.807, 2.05) is 42.1 Å². The molecule has 30 heavy (non-hydrogen) atoms. The van der Waals surface area contributed by atoms with Gasteiger partial charge in [0.1, 0.15) is 23.1 Å². The fourth-order valence-electron chi connectivity index (χ4n) is 4.75. The van der Waals surface area contributed by atoms with E-state index < -0.39 is 17.1 Å². The van der Waals surface area contributed by atoms with Gasteiger partial charge in [0.15, 0.2) is 0 Å². The lowest BCUT2D eigenvalue weighted by Gasteiger charge is -2.33. The number of aromatic nitrogens is 5. The predicted molar refractivity (Wildman–Crippen MR) is 107 cm³/mol.